The molecule has 0 radical (unpaired) electrons. The summed E-state index contributed by atoms with van der Waals surface area (Å²) < 4.78 is 0. The zero-order valence-corrected chi connectivity index (χ0v) is 9.84. The van der Waals surface area contributed by atoms with Gasteiger partial charge in [-0.05, 0) is 19.8 Å². The Hall–Kier alpha value is -0.120. The number of hydrogen-bond acceptors (Lipinski definition) is 3. The molecule has 2 fully saturated rings. The Morgan fingerprint density at radius 3 is 2.73 bits per heavy atom. The summed E-state index contributed by atoms with van der Waals surface area (Å²) in [6, 6.07) is 0.575. The maximum Gasteiger partial charge on any atom is 0.0774 e. The second-order valence-electron chi connectivity index (χ2n) is 5.38. The zero-order valence-electron chi connectivity index (χ0n) is 9.84. The normalized spacial score (nSPS) is 32.8. The summed E-state index contributed by atoms with van der Waals surface area (Å²) in [6.45, 7) is 6.35. The van der Waals surface area contributed by atoms with Gasteiger partial charge >= 0.3 is 0 Å². The Bertz CT molecular complexity index is 202. The van der Waals surface area contributed by atoms with Crippen molar-refractivity contribution in [3.63, 3.8) is 0 Å². The highest BCUT2D eigenvalue weighted by Gasteiger charge is 2.32. The summed E-state index contributed by atoms with van der Waals surface area (Å²) in [5.74, 6) is 0. The molecule has 1 saturated carbocycles. The predicted molar refractivity (Wildman–Crippen MR) is 61.9 cm³/mol. The topological polar surface area (TPSA) is 35.5 Å². The van der Waals surface area contributed by atoms with Gasteiger partial charge in [0.25, 0.3) is 0 Å². The van der Waals surface area contributed by atoms with Crippen LogP contribution in [0.4, 0.5) is 0 Å². The van der Waals surface area contributed by atoms with Gasteiger partial charge in [-0.2, -0.15) is 0 Å². The van der Waals surface area contributed by atoms with Gasteiger partial charge in [0.1, 0.15) is 0 Å². The van der Waals surface area contributed by atoms with Crippen LogP contribution in [0.3, 0.4) is 0 Å². The van der Waals surface area contributed by atoms with Gasteiger partial charge in [0.2, 0.25) is 0 Å². The van der Waals surface area contributed by atoms with Gasteiger partial charge in [-0.25, -0.2) is 0 Å². The molecule has 0 unspecified atom stereocenters. The third kappa shape index (κ3) is 3.16. The van der Waals surface area contributed by atoms with E-state index in [0.717, 1.165) is 39.0 Å². The van der Waals surface area contributed by atoms with E-state index in [-0.39, 0.29) is 5.60 Å². The molecule has 3 heteroatoms. The van der Waals surface area contributed by atoms with Crippen LogP contribution >= 0.6 is 0 Å². The predicted octanol–water partition coefficient (Wildman–Crippen LogP) is 0.975. The van der Waals surface area contributed by atoms with E-state index >= 15 is 0 Å². The molecule has 88 valence electrons. The molecule has 0 aromatic heterocycles. The molecule has 1 atom stereocenters. The van der Waals surface area contributed by atoms with Gasteiger partial charge in [0.15, 0.2) is 0 Å². The third-order valence-electron chi connectivity index (χ3n) is 3.76. The van der Waals surface area contributed by atoms with E-state index in [4.69, 9.17) is 0 Å². The van der Waals surface area contributed by atoms with Crippen LogP contribution in [0.2, 0.25) is 0 Å². The van der Waals surface area contributed by atoms with Gasteiger partial charge < -0.3 is 10.4 Å². The first-order chi connectivity index (χ1) is 7.18. The quantitative estimate of drug-likeness (QED) is 0.716. The van der Waals surface area contributed by atoms with Crippen LogP contribution in [0.15, 0.2) is 0 Å². The molecular weight excluding hydrogens is 188 g/mol. The number of rotatable bonds is 2. The summed E-state index contributed by atoms with van der Waals surface area (Å²) in [6.07, 6.45) is 5.73. The lowest BCUT2D eigenvalue weighted by atomic mass is 9.84. The molecule has 1 aliphatic heterocycles. The van der Waals surface area contributed by atoms with Crippen molar-refractivity contribution in [1.29, 1.82) is 0 Å². The van der Waals surface area contributed by atoms with Gasteiger partial charge in [-0.3, -0.25) is 4.90 Å². The maximum absolute atomic E-state index is 10.4. The number of β-amino-alcohol motifs (C(OH)–C–C–N with tert-alkyl or cyclic N) is 1. The number of aliphatic hydroxyl groups is 1. The SMILES string of the molecule is C[C@@H]1CN(CC2(O)CCCCC2)CCN1. The van der Waals surface area contributed by atoms with E-state index in [2.05, 4.69) is 17.1 Å². The zero-order chi connectivity index (χ0) is 10.7. The summed E-state index contributed by atoms with van der Waals surface area (Å²) in [4.78, 5) is 2.42. The lowest BCUT2D eigenvalue weighted by Crippen LogP contribution is -2.54. The van der Waals surface area contributed by atoms with Gasteiger partial charge in [0.05, 0.1) is 5.60 Å². The Morgan fingerprint density at radius 2 is 2.07 bits per heavy atom. The van der Waals surface area contributed by atoms with E-state index in [1.807, 2.05) is 0 Å². The molecule has 15 heavy (non-hydrogen) atoms. The van der Waals surface area contributed by atoms with E-state index < -0.39 is 0 Å². The van der Waals surface area contributed by atoms with E-state index in [9.17, 15) is 5.11 Å². The van der Waals surface area contributed by atoms with Crippen molar-refractivity contribution in [2.24, 2.45) is 0 Å². The molecule has 2 aliphatic rings. The smallest absolute Gasteiger partial charge is 0.0774 e. The van der Waals surface area contributed by atoms with E-state index in [1.54, 1.807) is 0 Å². The van der Waals surface area contributed by atoms with Crippen molar-refractivity contribution in [3.8, 4) is 0 Å². The molecule has 1 saturated heterocycles. The largest absolute Gasteiger partial charge is 0.389 e. The number of nitrogens with zero attached hydrogens (tertiary/aromatic N) is 1. The average Bonchev–Trinajstić information content (AvgIpc) is 2.18. The molecular formula is C12H24N2O. The first kappa shape index (κ1) is 11.4. The molecule has 0 aromatic rings. The fourth-order valence-corrected chi connectivity index (χ4v) is 2.94. The summed E-state index contributed by atoms with van der Waals surface area (Å²) in [7, 11) is 0. The molecule has 0 aromatic carbocycles. The van der Waals surface area contributed by atoms with Crippen molar-refractivity contribution in [2.45, 2.75) is 50.7 Å². The highest BCUT2D eigenvalue weighted by molar-refractivity contribution is 4.87. The molecule has 3 nitrogen and oxygen atoms in total. The van der Waals surface area contributed by atoms with Crippen molar-refractivity contribution in [3.05, 3.63) is 0 Å². The molecule has 0 spiro atoms. The number of hydrogen-bond donors (Lipinski definition) is 2. The van der Waals surface area contributed by atoms with Crippen molar-refractivity contribution in [2.75, 3.05) is 26.2 Å². The van der Waals surface area contributed by atoms with Crippen LogP contribution in [0.25, 0.3) is 0 Å². The van der Waals surface area contributed by atoms with Crippen LogP contribution in [0, 0.1) is 0 Å². The van der Waals surface area contributed by atoms with Crippen LogP contribution in [0.1, 0.15) is 39.0 Å². The standard InChI is InChI=1S/C12H24N2O/c1-11-9-14(8-7-13-11)10-12(15)5-3-2-4-6-12/h11,13,15H,2-10H2,1H3/t11-/m1/s1. The molecule has 0 amide bonds. The van der Waals surface area contributed by atoms with Gasteiger partial charge in [0, 0.05) is 32.2 Å². The van der Waals surface area contributed by atoms with E-state index in [0.29, 0.717) is 6.04 Å². The molecule has 2 N–H and O–H groups in total. The van der Waals surface area contributed by atoms with Crippen LogP contribution in [0.5, 0.6) is 0 Å². The summed E-state index contributed by atoms with van der Waals surface area (Å²) in [5.41, 5.74) is -0.380. The van der Waals surface area contributed by atoms with Crippen molar-refractivity contribution in [1.82, 2.24) is 10.2 Å². The fraction of sp³-hybridized carbons (Fsp3) is 1.00. The van der Waals surface area contributed by atoms with Gasteiger partial charge in [-0.1, -0.05) is 19.3 Å². The second-order valence-corrected chi connectivity index (χ2v) is 5.38. The van der Waals surface area contributed by atoms with Crippen molar-refractivity contribution >= 4 is 0 Å². The number of piperazine rings is 1. The highest BCUT2D eigenvalue weighted by Crippen LogP contribution is 2.28. The summed E-state index contributed by atoms with van der Waals surface area (Å²) in [5, 5.41) is 13.9. The van der Waals surface area contributed by atoms with E-state index in [1.165, 1.54) is 19.3 Å². The molecule has 2 rings (SSSR count). The minimum atomic E-state index is -0.380. The Kier molecular flexibility index (Phi) is 3.65. The lowest BCUT2D eigenvalue weighted by Gasteiger charge is -2.40. The first-order valence-corrected chi connectivity index (χ1v) is 6.36. The first-order valence-electron chi connectivity index (χ1n) is 6.36. The minimum Gasteiger partial charge on any atom is -0.389 e. The van der Waals surface area contributed by atoms with Crippen LogP contribution in [-0.4, -0.2) is 47.8 Å². The minimum absolute atomic E-state index is 0.380. The number of nitrogens with one attached hydrogen (secondary N) is 1. The molecule has 1 heterocycles. The second kappa shape index (κ2) is 4.81. The highest BCUT2D eigenvalue weighted by atomic mass is 16.3. The third-order valence-corrected chi connectivity index (χ3v) is 3.76. The molecule has 0 bridgehead atoms. The summed E-state index contributed by atoms with van der Waals surface area (Å²) >= 11 is 0. The Morgan fingerprint density at radius 1 is 1.33 bits per heavy atom. The Balaban J connectivity index is 1.83. The van der Waals surface area contributed by atoms with Gasteiger partial charge in [-0.15, -0.1) is 0 Å². The monoisotopic (exact) mass is 212 g/mol. The Labute approximate surface area is 92.8 Å². The maximum atomic E-state index is 10.4. The molecule has 1 aliphatic carbocycles. The average molecular weight is 212 g/mol. The van der Waals surface area contributed by atoms with Crippen molar-refractivity contribution < 1.29 is 5.11 Å². The van der Waals surface area contributed by atoms with Crippen LogP contribution in [-0.2, 0) is 0 Å². The van der Waals surface area contributed by atoms with Crippen LogP contribution < -0.4 is 5.32 Å². The lowest BCUT2D eigenvalue weighted by molar-refractivity contribution is -0.0308. The fourth-order valence-electron chi connectivity index (χ4n) is 2.94.